The smallest absolute Gasteiger partial charge is 0.261 e. The number of rotatable bonds is 6. The van der Waals surface area contributed by atoms with E-state index in [0.29, 0.717) is 17.7 Å². The minimum atomic E-state index is -0.302. The van der Waals surface area contributed by atoms with Gasteiger partial charge in [-0.25, -0.2) is 0 Å². The average Bonchev–Trinajstić information content (AvgIpc) is 3.15. The van der Waals surface area contributed by atoms with Gasteiger partial charge in [0.25, 0.3) is 11.8 Å². The van der Waals surface area contributed by atoms with Crippen LogP contribution in [-0.2, 0) is 4.79 Å². The van der Waals surface area contributed by atoms with Gasteiger partial charge in [-0.15, -0.1) is 0 Å². The summed E-state index contributed by atoms with van der Waals surface area (Å²) in [6.07, 6.45) is 6.33. The molecule has 5 heteroatoms. The number of nitrogens with one attached hydrogen (secondary N) is 1. The van der Waals surface area contributed by atoms with Crippen molar-refractivity contribution in [2.24, 2.45) is 5.92 Å². The molecule has 1 aliphatic carbocycles. The molecule has 1 aromatic rings. The highest BCUT2D eigenvalue weighted by molar-refractivity contribution is 6.21. The summed E-state index contributed by atoms with van der Waals surface area (Å²) in [6.45, 7) is 0.827. The molecule has 3 amide bonds. The molecule has 0 bridgehead atoms. The summed E-state index contributed by atoms with van der Waals surface area (Å²) in [7, 11) is 0. The number of hydrogen-bond acceptors (Lipinski definition) is 3. The zero-order valence-electron chi connectivity index (χ0n) is 13.2. The van der Waals surface area contributed by atoms with Crippen molar-refractivity contribution >= 4 is 17.7 Å². The lowest BCUT2D eigenvalue weighted by molar-refractivity contribution is -0.121. The quantitative estimate of drug-likeness (QED) is 0.820. The highest BCUT2D eigenvalue weighted by Gasteiger charge is 2.34. The van der Waals surface area contributed by atoms with Crippen molar-refractivity contribution in [2.45, 2.75) is 38.5 Å². The molecule has 0 unspecified atom stereocenters. The highest BCUT2D eigenvalue weighted by Crippen LogP contribution is 2.27. The standard InChI is InChI=1S/C18H22N2O3/c21-16(19-11-9-13-5-1-2-6-13)10-12-20-17(22)14-7-3-4-8-15(14)18(20)23/h3-4,7-8,13H,1-2,5-6,9-12H2,(H,19,21). The Morgan fingerprint density at radius 2 is 1.70 bits per heavy atom. The third-order valence-corrected chi connectivity index (χ3v) is 4.79. The maximum atomic E-state index is 12.2. The van der Waals surface area contributed by atoms with Crippen LogP contribution < -0.4 is 5.32 Å². The van der Waals surface area contributed by atoms with Gasteiger partial charge in [0, 0.05) is 19.5 Å². The van der Waals surface area contributed by atoms with Gasteiger partial charge in [0.1, 0.15) is 0 Å². The molecule has 0 atom stereocenters. The Morgan fingerprint density at radius 3 is 2.30 bits per heavy atom. The maximum Gasteiger partial charge on any atom is 0.261 e. The van der Waals surface area contributed by atoms with Gasteiger partial charge in [-0.1, -0.05) is 37.8 Å². The largest absolute Gasteiger partial charge is 0.356 e. The minimum Gasteiger partial charge on any atom is -0.356 e. The number of amides is 3. The summed E-state index contributed by atoms with van der Waals surface area (Å²) < 4.78 is 0. The van der Waals surface area contributed by atoms with Crippen LogP contribution in [-0.4, -0.2) is 35.7 Å². The lowest BCUT2D eigenvalue weighted by Gasteiger charge is -2.14. The maximum absolute atomic E-state index is 12.2. The summed E-state index contributed by atoms with van der Waals surface area (Å²) in [5.74, 6) is 0.0415. The van der Waals surface area contributed by atoms with E-state index in [1.54, 1.807) is 24.3 Å². The number of benzene rings is 1. The summed E-state index contributed by atoms with van der Waals surface area (Å²) in [5, 5.41) is 2.90. The lowest BCUT2D eigenvalue weighted by atomic mass is 10.0. The van der Waals surface area contributed by atoms with E-state index in [2.05, 4.69) is 5.32 Å². The van der Waals surface area contributed by atoms with Gasteiger partial charge in [-0.3, -0.25) is 19.3 Å². The molecule has 2 aliphatic rings. The zero-order chi connectivity index (χ0) is 16.2. The van der Waals surface area contributed by atoms with Gasteiger partial charge in [0.05, 0.1) is 11.1 Å². The molecule has 1 saturated carbocycles. The molecule has 0 radical (unpaired) electrons. The Morgan fingerprint density at radius 1 is 1.09 bits per heavy atom. The van der Waals surface area contributed by atoms with Crippen molar-refractivity contribution in [3.8, 4) is 0 Å². The van der Waals surface area contributed by atoms with Gasteiger partial charge in [0.2, 0.25) is 5.91 Å². The Kier molecular flexibility index (Phi) is 4.74. The summed E-state index contributed by atoms with van der Waals surface area (Å²) >= 11 is 0. The summed E-state index contributed by atoms with van der Waals surface area (Å²) in [6, 6.07) is 6.78. The van der Waals surface area contributed by atoms with Crippen LogP contribution in [0.15, 0.2) is 24.3 Å². The summed E-state index contributed by atoms with van der Waals surface area (Å²) in [5.41, 5.74) is 0.860. The number of carbonyl (C=O) groups is 3. The van der Waals surface area contributed by atoms with Crippen molar-refractivity contribution in [3.05, 3.63) is 35.4 Å². The topological polar surface area (TPSA) is 66.5 Å². The van der Waals surface area contributed by atoms with Crippen LogP contribution >= 0.6 is 0 Å². The van der Waals surface area contributed by atoms with Crippen LogP contribution in [0.25, 0.3) is 0 Å². The summed E-state index contributed by atoms with van der Waals surface area (Å²) in [4.78, 5) is 37.4. The molecule has 1 heterocycles. The van der Waals surface area contributed by atoms with E-state index in [4.69, 9.17) is 0 Å². The van der Waals surface area contributed by atoms with E-state index in [0.717, 1.165) is 12.3 Å². The second-order valence-corrected chi connectivity index (χ2v) is 6.35. The first-order valence-electron chi connectivity index (χ1n) is 8.39. The fourth-order valence-electron chi connectivity index (χ4n) is 3.46. The van der Waals surface area contributed by atoms with Crippen LogP contribution in [0.2, 0.25) is 0 Å². The van der Waals surface area contributed by atoms with E-state index < -0.39 is 0 Å². The minimum absolute atomic E-state index is 0.0976. The molecule has 0 saturated heterocycles. The van der Waals surface area contributed by atoms with Crippen LogP contribution in [0.3, 0.4) is 0 Å². The zero-order valence-corrected chi connectivity index (χ0v) is 13.2. The Labute approximate surface area is 136 Å². The van der Waals surface area contributed by atoms with Crippen molar-refractivity contribution in [1.82, 2.24) is 10.2 Å². The first-order valence-corrected chi connectivity index (χ1v) is 8.39. The van der Waals surface area contributed by atoms with Crippen molar-refractivity contribution in [3.63, 3.8) is 0 Å². The first kappa shape index (κ1) is 15.7. The number of imide groups is 1. The first-order chi connectivity index (χ1) is 11.2. The van der Waals surface area contributed by atoms with Crippen LogP contribution in [0.5, 0.6) is 0 Å². The van der Waals surface area contributed by atoms with Crippen LogP contribution in [0.4, 0.5) is 0 Å². The fourth-order valence-corrected chi connectivity index (χ4v) is 3.46. The second-order valence-electron chi connectivity index (χ2n) is 6.35. The van der Waals surface area contributed by atoms with Gasteiger partial charge in [-0.2, -0.15) is 0 Å². The molecule has 0 aromatic heterocycles. The molecular formula is C18H22N2O3. The van der Waals surface area contributed by atoms with Crippen LogP contribution in [0, 0.1) is 5.92 Å². The molecular weight excluding hydrogens is 292 g/mol. The predicted molar refractivity (Wildman–Crippen MR) is 86.0 cm³/mol. The highest BCUT2D eigenvalue weighted by atomic mass is 16.2. The number of nitrogens with zero attached hydrogens (tertiary/aromatic N) is 1. The predicted octanol–water partition coefficient (Wildman–Crippen LogP) is 2.37. The van der Waals surface area contributed by atoms with E-state index in [1.807, 2.05) is 0 Å². The van der Waals surface area contributed by atoms with Crippen molar-refractivity contribution in [2.75, 3.05) is 13.1 Å². The van der Waals surface area contributed by atoms with Crippen molar-refractivity contribution in [1.29, 1.82) is 0 Å². The van der Waals surface area contributed by atoms with Gasteiger partial charge < -0.3 is 5.32 Å². The van der Waals surface area contributed by atoms with Gasteiger partial charge in [-0.05, 0) is 24.5 Å². The molecule has 3 rings (SSSR count). The number of fused-ring (bicyclic) bond motifs is 1. The SMILES string of the molecule is O=C(CCN1C(=O)c2ccccc2C1=O)NCCC1CCCC1. The lowest BCUT2D eigenvalue weighted by Crippen LogP contribution is -2.35. The molecule has 5 nitrogen and oxygen atoms in total. The molecule has 1 aliphatic heterocycles. The number of hydrogen-bond donors (Lipinski definition) is 1. The van der Waals surface area contributed by atoms with Gasteiger partial charge >= 0.3 is 0 Å². The molecule has 1 N–H and O–H groups in total. The van der Waals surface area contributed by atoms with Crippen LogP contribution in [0.1, 0.15) is 59.2 Å². The Hall–Kier alpha value is -2.17. The molecule has 0 spiro atoms. The third kappa shape index (κ3) is 3.44. The van der Waals surface area contributed by atoms with E-state index in [9.17, 15) is 14.4 Å². The Bertz CT molecular complexity index is 585. The fraction of sp³-hybridized carbons (Fsp3) is 0.500. The monoisotopic (exact) mass is 314 g/mol. The van der Waals surface area contributed by atoms with E-state index >= 15 is 0 Å². The molecule has 1 fully saturated rings. The molecule has 23 heavy (non-hydrogen) atoms. The molecule has 1 aromatic carbocycles. The second kappa shape index (κ2) is 6.94. The molecule has 122 valence electrons. The van der Waals surface area contributed by atoms with Crippen molar-refractivity contribution < 1.29 is 14.4 Å². The number of carbonyl (C=O) groups excluding carboxylic acids is 3. The van der Waals surface area contributed by atoms with E-state index in [-0.39, 0.29) is 30.7 Å². The average molecular weight is 314 g/mol. The van der Waals surface area contributed by atoms with E-state index in [1.165, 1.54) is 30.6 Å². The normalized spacial score (nSPS) is 17.7. The Balaban J connectivity index is 1.44. The van der Waals surface area contributed by atoms with Gasteiger partial charge in [0.15, 0.2) is 0 Å². The third-order valence-electron chi connectivity index (χ3n) is 4.79.